The third-order valence-corrected chi connectivity index (χ3v) is 9.71. The van der Waals surface area contributed by atoms with Crippen molar-refractivity contribution in [2.45, 2.75) is 12.8 Å². The smallest absolute Gasteiger partial charge is 0.102 e. The predicted octanol–water partition coefficient (Wildman–Crippen LogP) is 10.8. The summed E-state index contributed by atoms with van der Waals surface area (Å²) in [6.45, 7) is 0. The van der Waals surface area contributed by atoms with Crippen LogP contribution in [0.3, 0.4) is 0 Å². The number of aromatic nitrogens is 2. The molecular formula is C44H28N4. The van der Waals surface area contributed by atoms with Crippen molar-refractivity contribution in [3.05, 3.63) is 162 Å². The van der Waals surface area contributed by atoms with Crippen molar-refractivity contribution in [3.8, 4) is 45.8 Å². The average molecular weight is 613 g/mol. The minimum absolute atomic E-state index is 0.615. The van der Waals surface area contributed by atoms with E-state index in [4.69, 9.17) is 0 Å². The zero-order valence-electron chi connectivity index (χ0n) is 26.1. The molecule has 0 aliphatic heterocycles. The third kappa shape index (κ3) is 4.14. The van der Waals surface area contributed by atoms with Crippen LogP contribution in [0, 0.1) is 22.7 Å². The lowest BCUT2D eigenvalue weighted by atomic mass is 9.95. The lowest BCUT2D eigenvalue weighted by Gasteiger charge is -2.17. The van der Waals surface area contributed by atoms with E-state index in [2.05, 4.69) is 124 Å². The maximum Gasteiger partial charge on any atom is 0.102 e. The average Bonchev–Trinajstić information content (AvgIpc) is 3.67. The molecule has 224 valence electrons. The molecule has 4 nitrogen and oxygen atoms in total. The van der Waals surface area contributed by atoms with Gasteiger partial charge < -0.3 is 9.13 Å². The zero-order valence-corrected chi connectivity index (χ0v) is 26.1. The van der Waals surface area contributed by atoms with Gasteiger partial charge in [-0.1, -0.05) is 97.1 Å². The first-order valence-electron chi connectivity index (χ1n) is 16.2. The summed E-state index contributed by atoms with van der Waals surface area (Å²) >= 11 is 0. The summed E-state index contributed by atoms with van der Waals surface area (Å²) in [7, 11) is 0. The normalized spacial score (nSPS) is 12.3. The second-order valence-corrected chi connectivity index (χ2v) is 12.3. The van der Waals surface area contributed by atoms with Gasteiger partial charge in [0, 0.05) is 33.0 Å². The van der Waals surface area contributed by atoms with E-state index in [9.17, 15) is 10.5 Å². The van der Waals surface area contributed by atoms with E-state index in [0.29, 0.717) is 11.1 Å². The van der Waals surface area contributed by atoms with Crippen LogP contribution >= 0.6 is 0 Å². The van der Waals surface area contributed by atoms with E-state index in [1.165, 1.54) is 16.6 Å². The predicted molar refractivity (Wildman–Crippen MR) is 195 cm³/mol. The van der Waals surface area contributed by atoms with Gasteiger partial charge in [-0.15, -0.1) is 0 Å². The highest BCUT2D eigenvalue weighted by Gasteiger charge is 2.21. The van der Waals surface area contributed by atoms with Crippen LogP contribution < -0.4 is 0 Å². The number of aryl methyl sites for hydroxylation is 1. The number of para-hydroxylation sites is 3. The molecule has 4 heteroatoms. The highest BCUT2D eigenvalue weighted by molar-refractivity contribution is 6.09. The lowest BCUT2D eigenvalue weighted by Crippen LogP contribution is -2.02. The van der Waals surface area contributed by atoms with Crippen molar-refractivity contribution in [2.24, 2.45) is 0 Å². The van der Waals surface area contributed by atoms with Gasteiger partial charge in [0.25, 0.3) is 0 Å². The van der Waals surface area contributed by atoms with Crippen LogP contribution in [0.5, 0.6) is 0 Å². The van der Waals surface area contributed by atoms with Gasteiger partial charge >= 0.3 is 0 Å². The first-order valence-corrected chi connectivity index (χ1v) is 16.2. The first-order chi connectivity index (χ1) is 23.7. The molecule has 0 saturated carbocycles. The van der Waals surface area contributed by atoms with E-state index in [1.807, 2.05) is 42.5 Å². The molecule has 0 spiro atoms. The number of benzene rings is 6. The Morgan fingerprint density at radius 2 is 1.15 bits per heavy atom. The fraction of sp³-hybridized carbons (Fsp3) is 0.0455. The Bertz CT molecular complexity index is 2630. The Morgan fingerprint density at radius 3 is 1.81 bits per heavy atom. The highest BCUT2D eigenvalue weighted by atomic mass is 15.0. The number of fused-ring (bicyclic) bond motifs is 6. The number of hydrogen-bond donors (Lipinski definition) is 0. The van der Waals surface area contributed by atoms with Crippen molar-refractivity contribution < 1.29 is 0 Å². The van der Waals surface area contributed by atoms with E-state index in [1.54, 1.807) is 0 Å². The van der Waals surface area contributed by atoms with Crippen LogP contribution in [-0.2, 0) is 6.42 Å². The molecule has 1 aliphatic carbocycles. The molecule has 0 N–H and O–H groups in total. The molecule has 0 unspecified atom stereocenters. The second kappa shape index (κ2) is 11.0. The molecule has 0 bridgehead atoms. The van der Waals surface area contributed by atoms with Gasteiger partial charge in [0.2, 0.25) is 0 Å². The maximum atomic E-state index is 10.6. The number of allylic oxidation sites excluding steroid dienone is 1. The van der Waals surface area contributed by atoms with Gasteiger partial charge in [-0.05, 0) is 78.1 Å². The molecule has 9 rings (SSSR count). The van der Waals surface area contributed by atoms with Crippen molar-refractivity contribution in [3.63, 3.8) is 0 Å². The fourth-order valence-corrected chi connectivity index (χ4v) is 7.57. The minimum Gasteiger partial charge on any atom is -0.309 e. The van der Waals surface area contributed by atoms with Crippen LogP contribution in [0.25, 0.3) is 72.4 Å². The van der Waals surface area contributed by atoms with Crippen LogP contribution in [0.4, 0.5) is 0 Å². The number of nitriles is 2. The van der Waals surface area contributed by atoms with E-state index in [0.717, 1.165) is 73.8 Å². The monoisotopic (exact) mass is 612 g/mol. The van der Waals surface area contributed by atoms with Crippen LogP contribution in [0.15, 0.2) is 140 Å². The molecule has 2 heterocycles. The summed E-state index contributed by atoms with van der Waals surface area (Å²) in [5.74, 6) is 0. The largest absolute Gasteiger partial charge is 0.309 e. The molecule has 0 radical (unpaired) electrons. The number of hydrogen-bond acceptors (Lipinski definition) is 2. The summed E-state index contributed by atoms with van der Waals surface area (Å²) in [6.07, 6.45) is 6.52. The molecule has 8 aromatic rings. The van der Waals surface area contributed by atoms with Crippen LogP contribution in [0.1, 0.15) is 28.8 Å². The summed E-state index contributed by atoms with van der Waals surface area (Å²) < 4.78 is 4.55. The number of nitrogens with zero attached hydrogens (tertiary/aromatic N) is 4. The highest BCUT2D eigenvalue weighted by Crippen LogP contribution is 2.39. The summed E-state index contributed by atoms with van der Waals surface area (Å²) in [5, 5.41) is 24.1. The van der Waals surface area contributed by atoms with E-state index < -0.39 is 0 Å². The van der Waals surface area contributed by atoms with E-state index in [-0.39, 0.29) is 0 Å². The Labute approximate surface area is 278 Å². The SMILES string of the molecule is N#Cc1ccc(-n2c3c(c4ccccc42)CCC=C3)c(-c2ccc(-c3cccc(-n4c5ccccc5c5ccccc54)c3C#N)cc2)c1. The van der Waals surface area contributed by atoms with E-state index >= 15 is 0 Å². The molecule has 2 aromatic heterocycles. The van der Waals surface area contributed by atoms with Crippen LogP contribution in [-0.4, -0.2) is 9.13 Å². The van der Waals surface area contributed by atoms with Gasteiger partial charge in [0.15, 0.2) is 0 Å². The zero-order chi connectivity index (χ0) is 32.2. The molecule has 0 fully saturated rings. The molecular weight excluding hydrogens is 585 g/mol. The summed E-state index contributed by atoms with van der Waals surface area (Å²) in [5.41, 5.74) is 12.8. The third-order valence-electron chi connectivity index (χ3n) is 9.71. The maximum absolute atomic E-state index is 10.6. The molecule has 1 aliphatic rings. The number of rotatable bonds is 4. The Kier molecular flexibility index (Phi) is 6.35. The van der Waals surface area contributed by atoms with Crippen molar-refractivity contribution in [1.29, 1.82) is 10.5 Å². The fourth-order valence-electron chi connectivity index (χ4n) is 7.57. The van der Waals surface area contributed by atoms with Gasteiger partial charge in [-0.3, -0.25) is 0 Å². The van der Waals surface area contributed by atoms with Crippen molar-refractivity contribution >= 4 is 38.8 Å². The molecule has 48 heavy (non-hydrogen) atoms. The van der Waals surface area contributed by atoms with Gasteiger partial charge in [0.05, 0.1) is 45.1 Å². The van der Waals surface area contributed by atoms with Gasteiger partial charge in [0.1, 0.15) is 6.07 Å². The molecule has 0 amide bonds. The molecule has 6 aromatic carbocycles. The Balaban J connectivity index is 1.20. The van der Waals surface area contributed by atoms with Crippen molar-refractivity contribution in [1.82, 2.24) is 9.13 Å². The minimum atomic E-state index is 0.615. The quantitative estimate of drug-likeness (QED) is 0.199. The van der Waals surface area contributed by atoms with Crippen LogP contribution in [0.2, 0.25) is 0 Å². The summed E-state index contributed by atoms with van der Waals surface area (Å²) in [6, 6.07) is 50.7. The topological polar surface area (TPSA) is 57.4 Å². The standard InChI is InChI=1S/C44H28N4/c45-27-29-20-25-44(48-41-17-7-3-12-35(41)36-13-4-8-18-42(36)48)37(26-29)31-23-21-30(22-24-31)32-14-9-19-43(38(32)28-46)47-39-15-5-1-10-33(39)34-11-2-6-16-40(34)47/h1-3,5-12,14-26H,4,13H2. The Morgan fingerprint density at radius 1 is 0.521 bits per heavy atom. The first kappa shape index (κ1) is 27.7. The van der Waals surface area contributed by atoms with Gasteiger partial charge in [-0.2, -0.15) is 10.5 Å². The second-order valence-electron chi connectivity index (χ2n) is 12.3. The van der Waals surface area contributed by atoms with Gasteiger partial charge in [-0.25, -0.2) is 0 Å². The molecule has 0 atom stereocenters. The summed E-state index contributed by atoms with van der Waals surface area (Å²) in [4.78, 5) is 0. The lowest BCUT2D eigenvalue weighted by molar-refractivity contribution is 0.968. The Hall–Kier alpha value is -6.62. The molecule has 0 saturated heterocycles. The van der Waals surface area contributed by atoms with Crippen molar-refractivity contribution in [2.75, 3.05) is 0 Å².